The molecule has 0 bridgehead atoms. The van der Waals surface area contributed by atoms with Gasteiger partial charge in [0.1, 0.15) is 5.57 Å². The molecule has 1 aromatic heterocycles. The Hall–Kier alpha value is -4.45. The highest BCUT2D eigenvalue weighted by molar-refractivity contribution is 6.39. The van der Waals surface area contributed by atoms with Gasteiger partial charge in [0.15, 0.2) is 0 Å². The number of aromatic nitrogens is 1. The number of amides is 4. The minimum absolute atomic E-state index is 0.0859. The van der Waals surface area contributed by atoms with Crippen molar-refractivity contribution in [3.05, 3.63) is 107 Å². The summed E-state index contributed by atoms with van der Waals surface area (Å²) in [6.45, 7) is 2.73. The van der Waals surface area contributed by atoms with Crippen LogP contribution in [0.25, 0.3) is 17.0 Å². The number of nitrogens with one attached hydrogen (secondary N) is 1. The number of hydrogen-bond acceptors (Lipinski definition) is 3. The number of rotatable bonds is 4. The van der Waals surface area contributed by atoms with E-state index in [1.807, 2.05) is 42.6 Å². The highest BCUT2D eigenvalue weighted by atomic mass is 16.2. The summed E-state index contributed by atoms with van der Waals surface area (Å²) >= 11 is 0. The van der Waals surface area contributed by atoms with Crippen molar-refractivity contribution in [3.63, 3.8) is 0 Å². The molecule has 5 rings (SSSR count). The molecule has 0 atom stereocenters. The lowest BCUT2D eigenvalue weighted by Gasteiger charge is -2.26. The van der Waals surface area contributed by atoms with Crippen molar-refractivity contribution in [1.29, 1.82) is 0 Å². The number of hydrogen-bond donors (Lipinski definition) is 1. The number of para-hydroxylation sites is 2. The van der Waals surface area contributed by atoms with Crippen LogP contribution in [0, 0.1) is 6.92 Å². The molecule has 33 heavy (non-hydrogen) atoms. The van der Waals surface area contributed by atoms with Gasteiger partial charge in [-0.1, -0.05) is 60.7 Å². The summed E-state index contributed by atoms with van der Waals surface area (Å²) in [6.07, 6.45) is 3.50. The van der Waals surface area contributed by atoms with Crippen molar-refractivity contribution in [2.24, 2.45) is 0 Å². The first-order valence-corrected chi connectivity index (χ1v) is 10.6. The molecule has 6 heteroatoms. The van der Waals surface area contributed by atoms with Crippen LogP contribution in [0.3, 0.4) is 0 Å². The van der Waals surface area contributed by atoms with E-state index in [4.69, 9.17) is 0 Å². The number of aryl methyl sites for hydroxylation is 1. The van der Waals surface area contributed by atoms with Gasteiger partial charge in [-0.2, -0.15) is 0 Å². The number of fused-ring (bicyclic) bond motifs is 1. The van der Waals surface area contributed by atoms with E-state index in [-0.39, 0.29) is 5.57 Å². The molecule has 0 spiro atoms. The number of imide groups is 2. The number of carbonyl (C=O) groups excluding carboxylic acids is 3. The van der Waals surface area contributed by atoms with Crippen LogP contribution in [0.5, 0.6) is 0 Å². The topological polar surface area (TPSA) is 71.4 Å². The molecule has 1 aliphatic rings. The summed E-state index contributed by atoms with van der Waals surface area (Å²) in [5.41, 5.74) is 4.42. The van der Waals surface area contributed by atoms with Gasteiger partial charge in [0.25, 0.3) is 11.8 Å². The smallest absolute Gasteiger partial charge is 0.335 e. The van der Waals surface area contributed by atoms with E-state index >= 15 is 0 Å². The molecule has 0 radical (unpaired) electrons. The molecule has 0 unspecified atom stereocenters. The van der Waals surface area contributed by atoms with Crippen LogP contribution in [-0.2, 0) is 16.1 Å². The molecular weight excluding hydrogens is 414 g/mol. The second-order valence-corrected chi connectivity index (χ2v) is 7.95. The predicted molar refractivity (Wildman–Crippen MR) is 128 cm³/mol. The quantitative estimate of drug-likeness (QED) is 0.374. The van der Waals surface area contributed by atoms with Crippen LogP contribution in [0.4, 0.5) is 10.5 Å². The predicted octanol–water partition coefficient (Wildman–Crippen LogP) is 4.66. The summed E-state index contributed by atoms with van der Waals surface area (Å²) in [7, 11) is 0. The van der Waals surface area contributed by atoms with Crippen molar-refractivity contribution in [3.8, 4) is 0 Å². The lowest BCUT2D eigenvalue weighted by Crippen LogP contribution is -2.54. The van der Waals surface area contributed by atoms with Gasteiger partial charge in [-0.25, -0.2) is 9.69 Å². The standard InChI is InChI=1S/C27H21N3O3/c1-18-9-5-6-10-19(18)16-29-17-20(22-13-7-8-14-24(22)29)15-23-25(31)28-27(33)30(26(23)32)21-11-3-2-4-12-21/h2-15,17H,16H2,1H3,(H,28,31,33)/b23-15-. The number of benzene rings is 3. The molecule has 0 aliphatic carbocycles. The molecule has 1 aliphatic heterocycles. The third kappa shape index (κ3) is 3.72. The van der Waals surface area contributed by atoms with Crippen LogP contribution in [0.15, 0.2) is 90.6 Å². The summed E-state index contributed by atoms with van der Waals surface area (Å²) in [6, 6.07) is 23.8. The van der Waals surface area contributed by atoms with Gasteiger partial charge in [0, 0.05) is 29.2 Å². The molecule has 0 saturated carbocycles. The molecule has 1 fully saturated rings. The zero-order valence-electron chi connectivity index (χ0n) is 18.0. The highest BCUT2D eigenvalue weighted by Crippen LogP contribution is 2.27. The normalized spacial score (nSPS) is 15.4. The van der Waals surface area contributed by atoms with Crippen LogP contribution in [0.1, 0.15) is 16.7 Å². The van der Waals surface area contributed by atoms with E-state index in [2.05, 4.69) is 28.9 Å². The molecule has 4 aromatic rings. The van der Waals surface area contributed by atoms with Gasteiger partial charge in [0.05, 0.1) is 5.69 Å². The Kier molecular flexibility index (Phi) is 5.11. The van der Waals surface area contributed by atoms with Crippen LogP contribution >= 0.6 is 0 Å². The number of urea groups is 1. The Balaban J connectivity index is 1.58. The van der Waals surface area contributed by atoms with Gasteiger partial charge in [-0.15, -0.1) is 0 Å². The van der Waals surface area contributed by atoms with Crippen molar-refractivity contribution >= 4 is 40.5 Å². The van der Waals surface area contributed by atoms with E-state index in [1.165, 1.54) is 11.1 Å². The highest BCUT2D eigenvalue weighted by Gasteiger charge is 2.36. The van der Waals surface area contributed by atoms with Crippen LogP contribution in [0.2, 0.25) is 0 Å². The van der Waals surface area contributed by atoms with Gasteiger partial charge in [-0.05, 0) is 42.3 Å². The molecule has 6 nitrogen and oxygen atoms in total. The molecule has 2 heterocycles. The fourth-order valence-corrected chi connectivity index (χ4v) is 4.12. The summed E-state index contributed by atoms with van der Waals surface area (Å²) < 4.78 is 2.11. The average molecular weight is 435 g/mol. The van der Waals surface area contributed by atoms with Crippen LogP contribution < -0.4 is 10.2 Å². The van der Waals surface area contributed by atoms with Gasteiger partial charge in [0.2, 0.25) is 0 Å². The van der Waals surface area contributed by atoms with E-state index in [0.29, 0.717) is 12.2 Å². The average Bonchev–Trinajstić information content (AvgIpc) is 3.16. The molecule has 3 aromatic carbocycles. The number of barbiturate groups is 1. The first kappa shape index (κ1) is 20.5. The fourth-order valence-electron chi connectivity index (χ4n) is 4.12. The number of nitrogens with zero attached hydrogens (tertiary/aromatic N) is 2. The summed E-state index contributed by atoms with van der Waals surface area (Å²) in [5, 5.41) is 3.20. The van der Waals surface area contributed by atoms with E-state index in [1.54, 1.807) is 36.4 Å². The van der Waals surface area contributed by atoms with E-state index in [0.717, 1.165) is 21.4 Å². The zero-order chi connectivity index (χ0) is 22.9. The SMILES string of the molecule is Cc1ccccc1Cn1cc(/C=C2/C(=O)NC(=O)N(c3ccccc3)C2=O)c2ccccc21. The van der Waals surface area contributed by atoms with Crippen molar-refractivity contribution in [2.75, 3.05) is 4.90 Å². The Bertz CT molecular complexity index is 1430. The minimum atomic E-state index is -0.754. The maximum Gasteiger partial charge on any atom is 0.335 e. The lowest BCUT2D eigenvalue weighted by atomic mass is 10.1. The maximum atomic E-state index is 13.2. The third-order valence-corrected chi connectivity index (χ3v) is 5.84. The maximum absolute atomic E-state index is 13.2. The summed E-state index contributed by atoms with van der Waals surface area (Å²) in [4.78, 5) is 39.2. The minimum Gasteiger partial charge on any atom is -0.342 e. The Morgan fingerprint density at radius 1 is 0.848 bits per heavy atom. The molecule has 1 N–H and O–H groups in total. The molecule has 162 valence electrons. The van der Waals surface area contributed by atoms with E-state index in [9.17, 15) is 14.4 Å². The Labute approximate surface area is 190 Å². The largest absolute Gasteiger partial charge is 0.342 e. The van der Waals surface area contributed by atoms with Crippen LogP contribution in [-0.4, -0.2) is 22.4 Å². The monoisotopic (exact) mass is 435 g/mol. The van der Waals surface area contributed by atoms with Crippen molar-refractivity contribution in [2.45, 2.75) is 13.5 Å². The first-order valence-electron chi connectivity index (χ1n) is 10.6. The van der Waals surface area contributed by atoms with Crippen molar-refractivity contribution < 1.29 is 14.4 Å². The Morgan fingerprint density at radius 3 is 2.33 bits per heavy atom. The van der Waals surface area contributed by atoms with Crippen molar-refractivity contribution in [1.82, 2.24) is 9.88 Å². The van der Waals surface area contributed by atoms with E-state index < -0.39 is 17.8 Å². The number of carbonyl (C=O) groups is 3. The summed E-state index contributed by atoms with van der Waals surface area (Å²) in [5.74, 6) is -1.35. The lowest BCUT2D eigenvalue weighted by molar-refractivity contribution is -0.122. The fraction of sp³-hybridized carbons (Fsp3) is 0.0741. The number of anilines is 1. The first-order chi connectivity index (χ1) is 16.0. The molecule has 1 saturated heterocycles. The van der Waals surface area contributed by atoms with Gasteiger partial charge < -0.3 is 4.57 Å². The van der Waals surface area contributed by atoms with Gasteiger partial charge >= 0.3 is 6.03 Å². The zero-order valence-corrected chi connectivity index (χ0v) is 18.0. The van der Waals surface area contributed by atoms with Gasteiger partial charge in [-0.3, -0.25) is 14.9 Å². The molecular formula is C27H21N3O3. The molecule has 4 amide bonds. The Morgan fingerprint density at radius 2 is 1.55 bits per heavy atom. The second kappa shape index (κ2) is 8.24. The second-order valence-electron chi connectivity index (χ2n) is 7.95. The third-order valence-electron chi connectivity index (χ3n) is 5.84.